The van der Waals surface area contributed by atoms with E-state index in [9.17, 15) is 4.79 Å². The van der Waals surface area contributed by atoms with Crippen molar-refractivity contribution < 1.29 is 9.90 Å². The third kappa shape index (κ3) is 3.49. The summed E-state index contributed by atoms with van der Waals surface area (Å²) in [5, 5.41) is 16.7. The Balaban J connectivity index is 1.95. The van der Waals surface area contributed by atoms with E-state index in [1.54, 1.807) is 12.1 Å². The van der Waals surface area contributed by atoms with Crippen molar-refractivity contribution in [1.29, 1.82) is 0 Å². The summed E-state index contributed by atoms with van der Waals surface area (Å²) in [6.07, 6.45) is 0. The lowest BCUT2D eigenvalue weighted by Gasteiger charge is -2.06. The zero-order chi connectivity index (χ0) is 15.4. The highest BCUT2D eigenvalue weighted by atomic mass is 16.4. The van der Waals surface area contributed by atoms with Crippen molar-refractivity contribution in [2.45, 2.75) is 40.4 Å². The molecule has 0 aliphatic heterocycles. The number of hydrogen-bond acceptors (Lipinski definition) is 3. The Morgan fingerprint density at radius 2 is 1.90 bits per heavy atom. The number of aryl methyl sites for hydroxylation is 2. The molecule has 0 saturated carbocycles. The van der Waals surface area contributed by atoms with E-state index >= 15 is 0 Å². The summed E-state index contributed by atoms with van der Waals surface area (Å²) in [5.74, 6) is -0.896. The number of carboxylic acid groups (broad SMARTS) is 1. The molecule has 0 saturated heterocycles. The molecule has 0 atom stereocenters. The number of aromatic carboxylic acids is 1. The van der Waals surface area contributed by atoms with E-state index in [-0.39, 0.29) is 0 Å². The van der Waals surface area contributed by atoms with E-state index in [2.05, 4.69) is 24.3 Å². The number of carboxylic acids is 1. The summed E-state index contributed by atoms with van der Waals surface area (Å²) >= 11 is 0. The number of benzene rings is 1. The summed E-state index contributed by atoms with van der Waals surface area (Å²) in [6, 6.07) is 6.94. The number of hydrogen-bond donors (Lipinski definition) is 2. The van der Waals surface area contributed by atoms with Gasteiger partial charge in [0.25, 0.3) is 0 Å². The maximum absolute atomic E-state index is 10.8. The first kappa shape index (κ1) is 15.3. The predicted molar refractivity (Wildman–Crippen MR) is 81.3 cm³/mol. The quantitative estimate of drug-likeness (QED) is 0.856. The van der Waals surface area contributed by atoms with Gasteiger partial charge in [-0.15, -0.1) is 0 Å². The van der Waals surface area contributed by atoms with Gasteiger partial charge in [-0.25, -0.2) is 4.79 Å². The van der Waals surface area contributed by atoms with E-state index < -0.39 is 5.97 Å². The highest BCUT2D eigenvalue weighted by Crippen LogP contribution is 2.13. The molecule has 0 aliphatic rings. The van der Waals surface area contributed by atoms with Gasteiger partial charge < -0.3 is 10.4 Å². The van der Waals surface area contributed by atoms with Gasteiger partial charge in [0.2, 0.25) is 0 Å². The van der Waals surface area contributed by atoms with Crippen LogP contribution in [0.3, 0.4) is 0 Å². The number of nitrogens with zero attached hydrogens (tertiary/aromatic N) is 2. The minimum atomic E-state index is -0.896. The maximum Gasteiger partial charge on any atom is 0.335 e. The molecular formula is C16H21N3O2. The fourth-order valence-electron chi connectivity index (χ4n) is 2.39. The van der Waals surface area contributed by atoms with Gasteiger partial charge in [-0.2, -0.15) is 5.10 Å². The van der Waals surface area contributed by atoms with E-state index in [0.29, 0.717) is 12.1 Å². The van der Waals surface area contributed by atoms with Gasteiger partial charge in [-0.05, 0) is 38.5 Å². The SMILES string of the molecule is CCn1nc(C)c(CNCc2ccc(C(=O)O)cc2)c1C. The molecule has 0 unspecified atom stereocenters. The molecule has 2 N–H and O–H groups in total. The van der Waals surface area contributed by atoms with Gasteiger partial charge in [-0.1, -0.05) is 12.1 Å². The first-order chi connectivity index (χ1) is 10.0. The first-order valence-electron chi connectivity index (χ1n) is 7.08. The Bertz CT molecular complexity index is 630. The Hall–Kier alpha value is -2.14. The van der Waals surface area contributed by atoms with Crippen LogP contribution in [0.2, 0.25) is 0 Å². The smallest absolute Gasteiger partial charge is 0.335 e. The Kier molecular flexibility index (Phi) is 4.75. The minimum absolute atomic E-state index is 0.315. The highest BCUT2D eigenvalue weighted by Gasteiger charge is 2.09. The van der Waals surface area contributed by atoms with Gasteiger partial charge in [0.15, 0.2) is 0 Å². The van der Waals surface area contributed by atoms with Crippen LogP contribution in [0.4, 0.5) is 0 Å². The summed E-state index contributed by atoms with van der Waals surface area (Å²) in [7, 11) is 0. The summed E-state index contributed by atoms with van der Waals surface area (Å²) in [4.78, 5) is 10.8. The van der Waals surface area contributed by atoms with Gasteiger partial charge in [0.05, 0.1) is 11.3 Å². The molecule has 1 heterocycles. The molecule has 5 nitrogen and oxygen atoms in total. The number of rotatable bonds is 6. The Morgan fingerprint density at radius 3 is 2.43 bits per heavy atom. The van der Waals surface area contributed by atoms with E-state index in [1.165, 1.54) is 11.3 Å². The van der Waals surface area contributed by atoms with Crippen molar-refractivity contribution in [3.05, 3.63) is 52.3 Å². The molecule has 0 amide bonds. The molecule has 2 rings (SSSR count). The third-order valence-electron chi connectivity index (χ3n) is 3.66. The molecule has 1 aromatic heterocycles. The van der Waals surface area contributed by atoms with E-state index in [0.717, 1.165) is 24.3 Å². The van der Waals surface area contributed by atoms with Crippen LogP contribution in [0.5, 0.6) is 0 Å². The largest absolute Gasteiger partial charge is 0.478 e. The fourth-order valence-corrected chi connectivity index (χ4v) is 2.39. The highest BCUT2D eigenvalue weighted by molar-refractivity contribution is 5.87. The Morgan fingerprint density at radius 1 is 1.24 bits per heavy atom. The summed E-state index contributed by atoms with van der Waals surface area (Å²) in [5.41, 5.74) is 4.87. The zero-order valence-corrected chi connectivity index (χ0v) is 12.7. The minimum Gasteiger partial charge on any atom is -0.478 e. The molecule has 0 radical (unpaired) electrons. The summed E-state index contributed by atoms with van der Waals surface area (Å²) < 4.78 is 2.01. The normalized spacial score (nSPS) is 10.8. The van der Waals surface area contributed by atoms with Crippen LogP contribution in [0.15, 0.2) is 24.3 Å². The van der Waals surface area contributed by atoms with Crippen molar-refractivity contribution in [2.75, 3.05) is 0 Å². The second-order valence-corrected chi connectivity index (χ2v) is 5.07. The molecule has 0 fully saturated rings. The van der Waals surface area contributed by atoms with Gasteiger partial charge in [0, 0.05) is 30.9 Å². The molecule has 2 aromatic rings. The van der Waals surface area contributed by atoms with Crippen LogP contribution < -0.4 is 5.32 Å². The van der Waals surface area contributed by atoms with Crippen LogP contribution in [-0.4, -0.2) is 20.9 Å². The molecule has 1 aromatic carbocycles. The average Bonchev–Trinajstić information content (AvgIpc) is 2.75. The van der Waals surface area contributed by atoms with E-state index in [1.807, 2.05) is 23.7 Å². The van der Waals surface area contributed by atoms with Crippen molar-refractivity contribution in [3.8, 4) is 0 Å². The van der Waals surface area contributed by atoms with Crippen molar-refractivity contribution in [2.24, 2.45) is 0 Å². The van der Waals surface area contributed by atoms with Crippen LogP contribution in [0.25, 0.3) is 0 Å². The number of aromatic nitrogens is 2. The number of nitrogens with one attached hydrogen (secondary N) is 1. The second-order valence-electron chi connectivity index (χ2n) is 5.07. The number of carbonyl (C=O) groups is 1. The molecular weight excluding hydrogens is 266 g/mol. The predicted octanol–water partition coefficient (Wildman–Crippen LogP) is 2.51. The Labute approximate surface area is 124 Å². The lowest BCUT2D eigenvalue weighted by molar-refractivity contribution is 0.0697. The molecule has 21 heavy (non-hydrogen) atoms. The van der Waals surface area contributed by atoms with E-state index in [4.69, 9.17) is 5.11 Å². The van der Waals surface area contributed by atoms with Crippen LogP contribution in [0, 0.1) is 13.8 Å². The van der Waals surface area contributed by atoms with Crippen LogP contribution in [-0.2, 0) is 19.6 Å². The van der Waals surface area contributed by atoms with Gasteiger partial charge >= 0.3 is 5.97 Å². The zero-order valence-electron chi connectivity index (χ0n) is 12.7. The van der Waals surface area contributed by atoms with Crippen molar-refractivity contribution >= 4 is 5.97 Å². The van der Waals surface area contributed by atoms with Crippen molar-refractivity contribution in [3.63, 3.8) is 0 Å². The maximum atomic E-state index is 10.8. The summed E-state index contributed by atoms with van der Waals surface area (Å²) in [6.45, 7) is 8.54. The lowest BCUT2D eigenvalue weighted by Crippen LogP contribution is -2.14. The molecule has 0 spiro atoms. The lowest BCUT2D eigenvalue weighted by atomic mass is 10.1. The van der Waals surface area contributed by atoms with Crippen LogP contribution in [0.1, 0.15) is 39.8 Å². The van der Waals surface area contributed by atoms with Crippen molar-refractivity contribution in [1.82, 2.24) is 15.1 Å². The average molecular weight is 287 g/mol. The first-order valence-corrected chi connectivity index (χ1v) is 7.08. The monoisotopic (exact) mass is 287 g/mol. The second kappa shape index (κ2) is 6.54. The third-order valence-corrected chi connectivity index (χ3v) is 3.66. The molecule has 0 bridgehead atoms. The van der Waals surface area contributed by atoms with Crippen LogP contribution >= 0.6 is 0 Å². The molecule has 112 valence electrons. The standard InChI is InChI=1S/C16H21N3O2/c1-4-19-12(3)15(11(2)18-19)10-17-9-13-5-7-14(8-6-13)16(20)21/h5-8,17H,4,9-10H2,1-3H3,(H,20,21). The fraction of sp³-hybridized carbons (Fsp3) is 0.375. The topological polar surface area (TPSA) is 67.2 Å². The van der Waals surface area contributed by atoms with Gasteiger partial charge in [0.1, 0.15) is 0 Å². The molecule has 5 heteroatoms. The van der Waals surface area contributed by atoms with Gasteiger partial charge in [-0.3, -0.25) is 4.68 Å². The molecule has 0 aliphatic carbocycles.